The first-order chi connectivity index (χ1) is 11.3. The summed E-state index contributed by atoms with van der Waals surface area (Å²) in [5.41, 5.74) is -0.472. The van der Waals surface area contributed by atoms with Crippen LogP contribution in [0.4, 0.5) is 4.79 Å². The summed E-state index contributed by atoms with van der Waals surface area (Å²) in [6.07, 6.45) is 5.04. The van der Waals surface area contributed by atoms with E-state index < -0.39 is 5.60 Å². The van der Waals surface area contributed by atoms with Crippen molar-refractivity contribution >= 4 is 12.0 Å². The molecule has 6 heteroatoms. The minimum atomic E-state index is -0.472. The van der Waals surface area contributed by atoms with E-state index in [0.29, 0.717) is 13.1 Å². The van der Waals surface area contributed by atoms with Crippen LogP contribution >= 0.6 is 0 Å². The van der Waals surface area contributed by atoms with Gasteiger partial charge in [-0.25, -0.2) is 4.79 Å². The van der Waals surface area contributed by atoms with E-state index in [1.807, 2.05) is 20.8 Å². The minimum Gasteiger partial charge on any atom is -0.444 e. The van der Waals surface area contributed by atoms with Gasteiger partial charge in [0.25, 0.3) is 0 Å². The molecule has 0 radical (unpaired) electrons. The van der Waals surface area contributed by atoms with Gasteiger partial charge >= 0.3 is 6.09 Å². The van der Waals surface area contributed by atoms with Gasteiger partial charge in [0.2, 0.25) is 5.91 Å². The second kappa shape index (κ2) is 8.70. The van der Waals surface area contributed by atoms with Crippen molar-refractivity contribution in [3.05, 3.63) is 0 Å². The van der Waals surface area contributed by atoms with Crippen molar-refractivity contribution in [2.24, 2.45) is 5.92 Å². The first kappa shape index (κ1) is 19.0. The van der Waals surface area contributed by atoms with Gasteiger partial charge < -0.3 is 19.9 Å². The van der Waals surface area contributed by atoms with Gasteiger partial charge in [0, 0.05) is 32.1 Å². The van der Waals surface area contributed by atoms with Crippen molar-refractivity contribution < 1.29 is 14.3 Å². The average Bonchev–Trinajstić information content (AvgIpc) is 2.54. The van der Waals surface area contributed by atoms with Gasteiger partial charge in [-0.1, -0.05) is 6.42 Å². The number of rotatable bonds is 4. The van der Waals surface area contributed by atoms with Crippen molar-refractivity contribution in [1.29, 1.82) is 0 Å². The van der Waals surface area contributed by atoms with Gasteiger partial charge in [-0.05, 0) is 59.5 Å². The Balaban J connectivity index is 1.64. The monoisotopic (exact) mass is 339 g/mol. The number of nitrogens with zero attached hydrogens (tertiary/aromatic N) is 2. The van der Waals surface area contributed by atoms with Gasteiger partial charge in [0.1, 0.15) is 5.60 Å². The number of hydrogen-bond donors (Lipinski definition) is 1. The Bertz CT molecular complexity index is 420. The number of nitrogens with one attached hydrogen (secondary N) is 1. The SMILES string of the molecule is CC(C)(C)OC(=O)N1CCC(C(=O)NCCN2CCCCC2)CC1. The molecule has 0 atom stereocenters. The maximum absolute atomic E-state index is 12.3. The van der Waals surface area contributed by atoms with Crippen LogP contribution in [0.25, 0.3) is 0 Å². The number of likely N-dealkylation sites (tertiary alicyclic amines) is 2. The quantitative estimate of drug-likeness (QED) is 0.853. The summed E-state index contributed by atoms with van der Waals surface area (Å²) in [5, 5.41) is 3.07. The molecule has 0 aliphatic carbocycles. The third-order valence-electron chi connectivity index (χ3n) is 4.69. The highest BCUT2D eigenvalue weighted by Gasteiger charge is 2.29. The number of amides is 2. The molecule has 2 rings (SSSR count). The van der Waals surface area contributed by atoms with Gasteiger partial charge in [0.05, 0.1) is 0 Å². The molecular formula is C18H33N3O3. The van der Waals surface area contributed by atoms with Crippen LogP contribution in [-0.2, 0) is 9.53 Å². The van der Waals surface area contributed by atoms with Crippen molar-refractivity contribution in [3.63, 3.8) is 0 Å². The van der Waals surface area contributed by atoms with Crippen LogP contribution in [-0.4, -0.2) is 66.7 Å². The normalized spacial score (nSPS) is 20.7. The smallest absolute Gasteiger partial charge is 0.410 e. The largest absolute Gasteiger partial charge is 0.444 e. The maximum Gasteiger partial charge on any atom is 0.410 e. The van der Waals surface area contributed by atoms with E-state index in [4.69, 9.17) is 4.74 Å². The Morgan fingerprint density at radius 2 is 1.67 bits per heavy atom. The molecule has 2 aliphatic heterocycles. The Morgan fingerprint density at radius 3 is 2.25 bits per heavy atom. The molecule has 0 aromatic carbocycles. The second-order valence-electron chi connectivity index (χ2n) is 7.93. The van der Waals surface area contributed by atoms with Crippen molar-refractivity contribution in [2.75, 3.05) is 39.3 Å². The summed E-state index contributed by atoms with van der Waals surface area (Å²) in [6.45, 7) is 10.8. The molecule has 0 aromatic rings. The van der Waals surface area contributed by atoms with Crippen LogP contribution in [0.15, 0.2) is 0 Å². The van der Waals surface area contributed by atoms with E-state index in [-0.39, 0.29) is 17.9 Å². The van der Waals surface area contributed by atoms with Crippen LogP contribution < -0.4 is 5.32 Å². The van der Waals surface area contributed by atoms with Gasteiger partial charge in [-0.3, -0.25) is 4.79 Å². The predicted octanol–water partition coefficient (Wildman–Crippen LogP) is 2.24. The summed E-state index contributed by atoms with van der Waals surface area (Å²) in [7, 11) is 0. The molecule has 0 aromatic heterocycles. The van der Waals surface area contributed by atoms with Crippen LogP contribution in [0.2, 0.25) is 0 Å². The Morgan fingerprint density at radius 1 is 1.04 bits per heavy atom. The number of hydrogen-bond acceptors (Lipinski definition) is 4. The van der Waals surface area contributed by atoms with Crippen LogP contribution in [0.1, 0.15) is 52.9 Å². The summed E-state index contributed by atoms with van der Waals surface area (Å²) in [6, 6.07) is 0. The lowest BCUT2D eigenvalue weighted by atomic mass is 9.96. The van der Waals surface area contributed by atoms with Crippen LogP contribution in [0.3, 0.4) is 0 Å². The van der Waals surface area contributed by atoms with E-state index in [2.05, 4.69) is 10.2 Å². The number of carbonyl (C=O) groups excluding carboxylic acids is 2. The summed E-state index contributed by atoms with van der Waals surface area (Å²) in [4.78, 5) is 28.5. The first-order valence-electron chi connectivity index (χ1n) is 9.33. The molecule has 6 nitrogen and oxygen atoms in total. The van der Waals surface area contributed by atoms with Crippen molar-refractivity contribution in [3.8, 4) is 0 Å². The lowest BCUT2D eigenvalue weighted by Crippen LogP contribution is -2.46. The zero-order valence-corrected chi connectivity index (χ0v) is 15.5. The van der Waals surface area contributed by atoms with Crippen LogP contribution in [0, 0.1) is 5.92 Å². The average molecular weight is 339 g/mol. The fourth-order valence-corrected chi connectivity index (χ4v) is 3.32. The molecule has 0 unspecified atom stereocenters. The fourth-order valence-electron chi connectivity index (χ4n) is 3.32. The maximum atomic E-state index is 12.3. The summed E-state index contributed by atoms with van der Waals surface area (Å²) < 4.78 is 5.39. The Kier molecular flexibility index (Phi) is 6.90. The third-order valence-corrected chi connectivity index (χ3v) is 4.69. The lowest BCUT2D eigenvalue weighted by Gasteiger charge is -2.33. The molecule has 2 aliphatic rings. The molecular weight excluding hydrogens is 306 g/mol. The van der Waals surface area contributed by atoms with E-state index in [1.54, 1.807) is 4.90 Å². The molecule has 0 saturated carbocycles. The van der Waals surface area contributed by atoms with Crippen molar-refractivity contribution in [1.82, 2.24) is 15.1 Å². The molecule has 0 spiro atoms. The van der Waals surface area contributed by atoms with Crippen LogP contribution in [0.5, 0.6) is 0 Å². The first-order valence-corrected chi connectivity index (χ1v) is 9.33. The summed E-state index contributed by atoms with van der Waals surface area (Å²) >= 11 is 0. The molecule has 24 heavy (non-hydrogen) atoms. The van der Waals surface area contributed by atoms with E-state index in [9.17, 15) is 9.59 Å². The predicted molar refractivity (Wildman–Crippen MR) is 93.8 cm³/mol. The Labute approximate surface area is 145 Å². The Hall–Kier alpha value is -1.30. The zero-order chi connectivity index (χ0) is 17.6. The number of piperidine rings is 2. The van der Waals surface area contributed by atoms with Gasteiger partial charge in [-0.15, -0.1) is 0 Å². The minimum absolute atomic E-state index is 0.0186. The zero-order valence-electron chi connectivity index (χ0n) is 15.5. The van der Waals surface area contributed by atoms with E-state index in [0.717, 1.165) is 39.0 Å². The van der Waals surface area contributed by atoms with Gasteiger partial charge in [-0.2, -0.15) is 0 Å². The topological polar surface area (TPSA) is 61.9 Å². The molecule has 138 valence electrons. The highest BCUT2D eigenvalue weighted by molar-refractivity contribution is 5.79. The highest BCUT2D eigenvalue weighted by Crippen LogP contribution is 2.19. The van der Waals surface area contributed by atoms with E-state index in [1.165, 1.54) is 19.3 Å². The fraction of sp³-hybridized carbons (Fsp3) is 0.889. The second-order valence-corrected chi connectivity index (χ2v) is 7.93. The number of ether oxygens (including phenoxy) is 1. The lowest BCUT2D eigenvalue weighted by molar-refractivity contribution is -0.126. The molecule has 0 bridgehead atoms. The molecule has 2 saturated heterocycles. The standard InChI is InChI=1S/C18H33N3O3/c1-18(2,3)24-17(23)21-12-7-15(8-13-21)16(22)19-9-14-20-10-5-4-6-11-20/h15H,4-14H2,1-3H3,(H,19,22). The van der Waals surface area contributed by atoms with E-state index >= 15 is 0 Å². The third kappa shape index (κ3) is 6.30. The molecule has 1 N–H and O–H groups in total. The molecule has 2 heterocycles. The summed E-state index contributed by atoms with van der Waals surface area (Å²) in [5.74, 6) is 0.154. The van der Waals surface area contributed by atoms with Crippen molar-refractivity contribution in [2.45, 2.75) is 58.5 Å². The molecule has 2 amide bonds. The molecule has 2 fully saturated rings. The van der Waals surface area contributed by atoms with Gasteiger partial charge in [0.15, 0.2) is 0 Å². The highest BCUT2D eigenvalue weighted by atomic mass is 16.6. The number of carbonyl (C=O) groups is 2.